The predicted octanol–water partition coefficient (Wildman–Crippen LogP) is 2.76. The van der Waals surface area contributed by atoms with E-state index in [-0.39, 0.29) is 17.9 Å². The van der Waals surface area contributed by atoms with Crippen LogP contribution in [0, 0.1) is 10.1 Å². The van der Waals surface area contributed by atoms with Crippen LogP contribution in [-0.2, 0) is 9.53 Å². The van der Waals surface area contributed by atoms with E-state index in [1.807, 2.05) is 6.26 Å². The Balaban J connectivity index is 2.25. The number of thioether (sulfide) groups is 1. The highest BCUT2D eigenvalue weighted by Gasteiger charge is 2.38. The molecule has 1 atom stereocenters. The maximum Gasteiger partial charge on any atom is 0.338 e. The van der Waals surface area contributed by atoms with Gasteiger partial charge in [0.2, 0.25) is 11.1 Å². The predicted molar refractivity (Wildman–Crippen MR) is 96.0 cm³/mol. The lowest BCUT2D eigenvalue weighted by Crippen LogP contribution is -2.30. The molecule has 26 heavy (non-hydrogen) atoms. The fourth-order valence-corrected chi connectivity index (χ4v) is 3.21. The zero-order valence-electron chi connectivity index (χ0n) is 14.4. The molecule has 0 saturated carbocycles. The molecular formula is C16H17N5O4S. The Morgan fingerprint density at radius 2 is 2.19 bits per heavy atom. The van der Waals surface area contributed by atoms with Gasteiger partial charge in [-0.2, -0.15) is 4.98 Å². The summed E-state index contributed by atoms with van der Waals surface area (Å²) < 4.78 is 6.67. The van der Waals surface area contributed by atoms with Gasteiger partial charge in [-0.15, -0.1) is 5.10 Å². The van der Waals surface area contributed by atoms with Crippen molar-refractivity contribution < 1.29 is 14.5 Å². The molecule has 136 valence electrons. The second-order valence-corrected chi connectivity index (χ2v) is 6.24. The number of ether oxygens (including phenoxy) is 1. The Hall–Kier alpha value is -2.88. The molecule has 0 fully saturated rings. The van der Waals surface area contributed by atoms with Crippen molar-refractivity contribution in [3.05, 3.63) is 51.2 Å². The number of nitro benzene ring substituents is 1. The molecule has 2 heterocycles. The monoisotopic (exact) mass is 375 g/mol. The molecule has 1 aliphatic heterocycles. The first kappa shape index (κ1) is 17.9. The van der Waals surface area contributed by atoms with Crippen molar-refractivity contribution in [1.82, 2.24) is 14.8 Å². The van der Waals surface area contributed by atoms with Crippen molar-refractivity contribution in [1.29, 1.82) is 0 Å². The maximum atomic E-state index is 12.6. The fourth-order valence-electron chi connectivity index (χ4n) is 2.86. The molecule has 1 aromatic heterocycles. The van der Waals surface area contributed by atoms with Crippen LogP contribution in [0.2, 0.25) is 0 Å². The highest BCUT2D eigenvalue weighted by atomic mass is 32.2. The summed E-state index contributed by atoms with van der Waals surface area (Å²) >= 11 is 1.34. The molecule has 9 nitrogen and oxygen atoms in total. The van der Waals surface area contributed by atoms with Crippen LogP contribution in [0.3, 0.4) is 0 Å². The van der Waals surface area contributed by atoms with E-state index < -0.39 is 16.9 Å². The van der Waals surface area contributed by atoms with Gasteiger partial charge in [0.05, 0.1) is 22.7 Å². The molecule has 0 saturated heterocycles. The number of carbonyl (C=O) groups is 1. The Kier molecular flexibility index (Phi) is 4.94. The van der Waals surface area contributed by atoms with Gasteiger partial charge in [-0.3, -0.25) is 10.1 Å². The van der Waals surface area contributed by atoms with Crippen LogP contribution >= 0.6 is 11.8 Å². The van der Waals surface area contributed by atoms with Crippen molar-refractivity contribution >= 4 is 29.4 Å². The van der Waals surface area contributed by atoms with E-state index in [9.17, 15) is 14.9 Å². The van der Waals surface area contributed by atoms with Crippen LogP contribution in [0.1, 0.15) is 25.5 Å². The van der Waals surface area contributed by atoms with Crippen LogP contribution in [-0.4, -0.2) is 38.5 Å². The number of nitrogens with one attached hydrogen (secondary N) is 1. The van der Waals surface area contributed by atoms with Gasteiger partial charge in [0, 0.05) is 11.8 Å². The minimum atomic E-state index is -0.805. The van der Waals surface area contributed by atoms with Crippen molar-refractivity contribution in [2.45, 2.75) is 25.0 Å². The number of nitro groups is 1. The van der Waals surface area contributed by atoms with Crippen molar-refractivity contribution in [3.63, 3.8) is 0 Å². The number of fused-ring (bicyclic) bond motifs is 1. The van der Waals surface area contributed by atoms with Crippen LogP contribution in [0.5, 0.6) is 0 Å². The SMILES string of the molecule is CCOC(=O)C1=C(C)Nc2nc(SC)nn2[C@H]1c1ccccc1[N+](=O)[O-]. The summed E-state index contributed by atoms with van der Waals surface area (Å²) in [6, 6.07) is 5.49. The lowest BCUT2D eigenvalue weighted by Gasteiger charge is -2.27. The van der Waals surface area contributed by atoms with E-state index in [1.54, 1.807) is 32.0 Å². The molecule has 0 amide bonds. The number of para-hydroxylation sites is 1. The summed E-state index contributed by atoms with van der Waals surface area (Å²) in [7, 11) is 0. The Morgan fingerprint density at radius 1 is 1.46 bits per heavy atom. The normalized spacial score (nSPS) is 16.0. The minimum Gasteiger partial charge on any atom is -0.463 e. The lowest BCUT2D eigenvalue weighted by molar-refractivity contribution is -0.385. The third-order valence-corrected chi connectivity index (χ3v) is 4.48. The Morgan fingerprint density at radius 3 is 2.85 bits per heavy atom. The third kappa shape index (κ3) is 3.03. The smallest absolute Gasteiger partial charge is 0.338 e. The molecule has 10 heteroatoms. The maximum absolute atomic E-state index is 12.6. The average Bonchev–Trinajstić information content (AvgIpc) is 3.03. The zero-order chi connectivity index (χ0) is 18.8. The summed E-state index contributed by atoms with van der Waals surface area (Å²) in [4.78, 5) is 28.0. The molecule has 3 rings (SSSR count). The number of anilines is 1. The first-order chi connectivity index (χ1) is 12.5. The Bertz CT molecular complexity index is 908. The number of hydrogen-bond donors (Lipinski definition) is 1. The van der Waals surface area contributed by atoms with E-state index in [0.29, 0.717) is 22.4 Å². The van der Waals surface area contributed by atoms with Gasteiger partial charge in [-0.05, 0) is 26.2 Å². The number of allylic oxidation sites excluding steroid dienone is 1. The second-order valence-electron chi connectivity index (χ2n) is 5.47. The molecule has 0 spiro atoms. The summed E-state index contributed by atoms with van der Waals surface area (Å²) in [5.74, 6) is -0.129. The molecule has 0 unspecified atom stereocenters. The van der Waals surface area contributed by atoms with E-state index in [0.717, 1.165) is 0 Å². The second kappa shape index (κ2) is 7.16. The molecule has 2 aromatic rings. The summed E-state index contributed by atoms with van der Waals surface area (Å²) in [5.41, 5.74) is 1.05. The highest BCUT2D eigenvalue weighted by molar-refractivity contribution is 7.98. The number of rotatable bonds is 5. The number of nitrogens with zero attached hydrogens (tertiary/aromatic N) is 4. The van der Waals surface area contributed by atoms with Gasteiger partial charge in [-0.1, -0.05) is 23.9 Å². The quantitative estimate of drug-likeness (QED) is 0.367. The molecule has 1 aliphatic rings. The third-order valence-electron chi connectivity index (χ3n) is 3.94. The molecule has 0 radical (unpaired) electrons. The number of esters is 1. The first-order valence-electron chi connectivity index (χ1n) is 7.86. The number of aromatic nitrogens is 3. The standard InChI is InChI=1S/C16H17N5O4S/c1-4-25-14(22)12-9(2)17-15-18-16(26-3)19-20(15)13(12)10-7-5-6-8-11(10)21(23)24/h5-8,13H,4H2,1-3H3,(H,17,18,19)/t13-/m0/s1. The van der Waals surface area contributed by atoms with E-state index in [1.165, 1.54) is 22.5 Å². The summed E-state index contributed by atoms with van der Waals surface area (Å²) in [6.45, 7) is 3.61. The van der Waals surface area contributed by atoms with E-state index in [2.05, 4.69) is 15.4 Å². The van der Waals surface area contributed by atoms with Gasteiger partial charge in [0.25, 0.3) is 5.69 Å². The van der Waals surface area contributed by atoms with Crippen molar-refractivity contribution in [3.8, 4) is 0 Å². The fraction of sp³-hybridized carbons (Fsp3) is 0.312. The molecule has 0 bridgehead atoms. The Labute approximate surface area is 153 Å². The number of hydrogen-bond acceptors (Lipinski definition) is 8. The van der Waals surface area contributed by atoms with Crippen LogP contribution in [0.15, 0.2) is 40.7 Å². The molecule has 1 aromatic carbocycles. The summed E-state index contributed by atoms with van der Waals surface area (Å²) in [6.07, 6.45) is 1.83. The first-order valence-corrected chi connectivity index (χ1v) is 9.09. The van der Waals surface area contributed by atoms with Crippen LogP contribution in [0.4, 0.5) is 11.6 Å². The molecule has 0 aliphatic carbocycles. The van der Waals surface area contributed by atoms with Gasteiger partial charge >= 0.3 is 5.97 Å². The van der Waals surface area contributed by atoms with Gasteiger partial charge < -0.3 is 10.1 Å². The van der Waals surface area contributed by atoms with Crippen molar-refractivity contribution in [2.75, 3.05) is 18.2 Å². The minimum absolute atomic E-state index is 0.0962. The largest absolute Gasteiger partial charge is 0.463 e. The molecule has 1 N–H and O–H groups in total. The van der Waals surface area contributed by atoms with Crippen LogP contribution < -0.4 is 5.32 Å². The summed E-state index contributed by atoms with van der Waals surface area (Å²) in [5, 5.41) is 19.5. The number of carbonyl (C=O) groups excluding carboxylic acids is 1. The lowest BCUT2D eigenvalue weighted by atomic mass is 9.94. The number of benzene rings is 1. The van der Waals surface area contributed by atoms with Gasteiger partial charge in [0.15, 0.2) is 0 Å². The average molecular weight is 375 g/mol. The van der Waals surface area contributed by atoms with Crippen molar-refractivity contribution in [2.24, 2.45) is 0 Å². The van der Waals surface area contributed by atoms with Gasteiger partial charge in [-0.25, -0.2) is 9.48 Å². The molecular weight excluding hydrogens is 358 g/mol. The topological polar surface area (TPSA) is 112 Å². The highest BCUT2D eigenvalue weighted by Crippen LogP contribution is 2.39. The zero-order valence-corrected chi connectivity index (χ0v) is 15.2. The van der Waals surface area contributed by atoms with E-state index in [4.69, 9.17) is 4.74 Å². The van der Waals surface area contributed by atoms with E-state index >= 15 is 0 Å². The van der Waals surface area contributed by atoms with Crippen LogP contribution in [0.25, 0.3) is 0 Å². The van der Waals surface area contributed by atoms with Gasteiger partial charge in [0.1, 0.15) is 6.04 Å².